The van der Waals surface area contributed by atoms with Crippen LogP contribution in [0.5, 0.6) is 17.2 Å². The van der Waals surface area contributed by atoms with Gasteiger partial charge in [0.25, 0.3) is 0 Å². The molecule has 7 nitrogen and oxygen atoms in total. The van der Waals surface area contributed by atoms with Gasteiger partial charge in [0, 0.05) is 17.5 Å². The number of carbonyl (C=O) groups excluding carboxylic acids is 2. The van der Waals surface area contributed by atoms with Gasteiger partial charge in [-0.15, -0.1) is 0 Å². The van der Waals surface area contributed by atoms with E-state index in [-0.39, 0.29) is 33.8 Å². The number of phenolic OH excluding ortho intramolecular Hbond substituents is 1. The van der Waals surface area contributed by atoms with E-state index in [0.717, 1.165) is 0 Å². The SMILES string of the molecule is COC(=O)C1=C(c2c(OC)cc(OC)c(C(C)=O)c2O)CCB1C#N. The quantitative estimate of drug-likeness (QED) is 0.495. The van der Waals surface area contributed by atoms with Crippen molar-refractivity contribution < 1.29 is 28.9 Å². The number of ketones is 1. The molecule has 0 amide bonds. The molecule has 130 valence electrons. The molecule has 8 heteroatoms. The fourth-order valence-corrected chi connectivity index (χ4v) is 3.12. The van der Waals surface area contributed by atoms with Crippen LogP contribution in [0.15, 0.2) is 11.5 Å². The van der Waals surface area contributed by atoms with Crippen LogP contribution in [0, 0.1) is 11.2 Å². The number of allylic oxidation sites excluding steroid dienone is 1. The third kappa shape index (κ3) is 3.05. The van der Waals surface area contributed by atoms with E-state index >= 15 is 0 Å². The molecule has 1 N–H and O–H groups in total. The minimum absolute atomic E-state index is 0.00424. The lowest BCUT2D eigenvalue weighted by molar-refractivity contribution is -0.135. The Balaban J connectivity index is 2.85. The van der Waals surface area contributed by atoms with Crippen LogP contribution < -0.4 is 9.47 Å². The average molecular weight is 343 g/mol. The first-order valence-electron chi connectivity index (χ1n) is 7.61. The molecule has 0 bridgehead atoms. The molecule has 0 radical (unpaired) electrons. The first kappa shape index (κ1) is 18.4. The Labute approximate surface area is 145 Å². The number of aromatic hydroxyl groups is 1. The molecule has 0 fully saturated rings. The third-order valence-corrected chi connectivity index (χ3v) is 4.24. The molecule has 0 aliphatic carbocycles. The van der Waals surface area contributed by atoms with Gasteiger partial charge in [0.1, 0.15) is 22.8 Å². The molecule has 1 aliphatic rings. The van der Waals surface area contributed by atoms with Crippen LogP contribution in [0.25, 0.3) is 5.57 Å². The van der Waals surface area contributed by atoms with Crippen molar-refractivity contribution in [3.05, 3.63) is 22.7 Å². The number of nitrogens with zero attached hydrogens (tertiary/aromatic N) is 1. The maximum atomic E-state index is 12.2. The van der Waals surface area contributed by atoms with Gasteiger partial charge >= 0.3 is 12.7 Å². The summed E-state index contributed by atoms with van der Waals surface area (Å²) >= 11 is 0. The van der Waals surface area contributed by atoms with E-state index in [2.05, 4.69) is 5.97 Å². The lowest BCUT2D eigenvalue weighted by Gasteiger charge is -2.18. The van der Waals surface area contributed by atoms with Crippen molar-refractivity contribution in [1.82, 2.24) is 0 Å². The summed E-state index contributed by atoms with van der Waals surface area (Å²) in [6.07, 6.45) is 0.788. The van der Waals surface area contributed by atoms with Crippen LogP contribution in [0.1, 0.15) is 29.3 Å². The molecule has 0 atom stereocenters. The number of rotatable bonds is 5. The Kier molecular flexibility index (Phi) is 5.37. The second-order valence-electron chi connectivity index (χ2n) is 5.54. The van der Waals surface area contributed by atoms with E-state index in [9.17, 15) is 20.0 Å². The van der Waals surface area contributed by atoms with Gasteiger partial charge in [-0.3, -0.25) is 4.79 Å². The number of hydrogen-bond acceptors (Lipinski definition) is 7. The van der Waals surface area contributed by atoms with Crippen LogP contribution in [-0.2, 0) is 9.53 Å². The molecule has 0 aromatic heterocycles. The third-order valence-electron chi connectivity index (χ3n) is 4.24. The summed E-state index contributed by atoms with van der Waals surface area (Å²) in [4.78, 5) is 24.1. The highest BCUT2D eigenvalue weighted by Crippen LogP contribution is 2.47. The largest absolute Gasteiger partial charge is 0.506 e. The number of carbonyl (C=O) groups is 2. The van der Waals surface area contributed by atoms with Gasteiger partial charge < -0.3 is 19.3 Å². The van der Waals surface area contributed by atoms with Crippen molar-refractivity contribution in [2.45, 2.75) is 19.7 Å². The number of esters is 1. The minimum atomic E-state index is -0.644. The zero-order chi connectivity index (χ0) is 18.7. The number of methoxy groups -OCH3 is 3. The highest BCUT2D eigenvalue weighted by atomic mass is 16.5. The van der Waals surface area contributed by atoms with E-state index in [1.54, 1.807) is 0 Å². The molecule has 0 saturated heterocycles. The van der Waals surface area contributed by atoms with Gasteiger partial charge in [-0.2, -0.15) is 0 Å². The summed E-state index contributed by atoms with van der Waals surface area (Å²) < 4.78 is 15.3. The van der Waals surface area contributed by atoms with E-state index in [1.807, 2.05) is 0 Å². The molecular formula is C17H18BNO6. The smallest absolute Gasteiger partial charge is 0.326 e. The molecule has 0 unspecified atom stereocenters. The van der Waals surface area contributed by atoms with Gasteiger partial charge in [-0.25, -0.2) is 10.1 Å². The first-order chi connectivity index (χ1) is 11.9. The molecule has 1 aromatic carbocycles. The standard InChI is InChI=1S/C17H18BNO6/c1-9(20)13-11(23-2)7-12(24-3)14(16(13)21)10-5-6-18(8-19)15(10)17(22)25-4/h7,21H,5-6H2,1-4H3. The number of Topliss-reactive ketones (excluding diaryl/α,β-unsaturated/α-hetero) is 1. The molecule has 0 saturated carbocycles. The fraction of sp³-hybridized carbons (Fsp3) is 0.353. The summed E-state index contributed by atoms with van der Waals surface area (Å²) in [5.41, 5.74) is 0.832. The van der Waals surface area contributed by atoms with Crippen LogP contribution in [0.2, 0.25) is 6.32 Å². The van der Waals surface area contributed by atoms with Crippen molar-refractivity contribution in [2.75, 3.05) is 21.3 Å². The first-order valence-corrected chi connectivity index (χ1v) is 7.61. The van der Waals surface area contributed by atoms with Crippen molar-refractivity contribution in [2.24, 2.45) is 0 Å². The highest BCUT2D eigenvalue weighted by Gasteiger charge is 2.38. The zero-order valence-electron chi connectivity index (χ0n) is 14.5. The van der Waals surface area contributed by atoms with Crippen molar-refractivity contribution in [1.29, 1.82) is 5.26 Å². The number of hydrogen-bond donors (Lipinski definition) is 1. The van der Waals surface area contributed by atoms with Crippen LogP contribution in [-0.4, -0.2) is 44.9 Å². The second kappa shape index (κ2) is 7.30. The van der Waals surface area contributed by atoms with Crippen LogP contribution in [0.3, 0.4) is 0 Å². The normalized spacial score (nSPS) is 13.5. The number of phenols is 1. The minimum Gasteiger partial charge on any atom is -0.506 e. The van der Waals surface area contributed by atoms with E-state index < -0.39 is 18.5 Å². The Morgan fingerprint density at radius 1 is 1.24 bits per heavy atom. The van der Waals surface area contributed by atoms with Gasteiger partial charge in [0.15, 0.2) is 5.78 Å². The highest BCUT2D eigenvalue weighted by molar-refractivity contribution is 6.81. The van der Waals surface area contributed by atoms with Gasteiger partial charge in [0.05, 0.1) is 26.9 Å². The molecule has 1 aliphatic heterocycles. The van der Waals surface area contributed by atoms with Crippen molar-refractivity contribution in [3.63, 3.8) is 0 Å². The zero-order valence-corrected chi connectivity index (χ0v) is 14.5. The topological polar surface area (TPSA) is 106 Å². The second-order valence-corrected chi connectivity index (χ2v) is 5.54. The monoisotopic (exact) mass is 343 g/mol. The summed E-state index contributed by atoms with van der Waals surface area (Å²) in [7, 11) is 4.01. The van der Waals surface area contributed by atoms with E-state index in [1.165, 1.54) is 34.3 Å². The Morgan fingerprint density at radius 3 is 2.36 bits per heavy atom. The van der Waals surface area contributed by atoms with Crippen molar-refractivity contribution in [3.8, 4) is 23.2 Å². The molecule has 1 aromatic rings. The summed E-state index contributed by atoms with van der Waals surface area (Å²) in [5.74, 6) is 1.12. The number of ether oxygens (including phenoxy) is 3. The molecule has 0 spiro atoms. The molecule has 25 heavy (non-hydrogen) atoms. The Hall–Kier alpha value is -2.95. The molecule has 2 rings (SSSR count). The Morgan fingerprint density at radius 2 is 1.88 bits per heavy atom. The van der Waals surface area contributed by atoms with Crippen LogP contribution >= 0.6 is 0 Å². The van der Waals surface area contributed by atoms with Gasteiger partial charge in [-0.05, 0) is 18.9 Å². The predicted octanol–water partition coefficient (Wildman–Crippen LogP) is 2.04. The van der Waals surface area contributed by atoms with E-state index in [4.69, 9.17) is 14.2 Å². The predicted molar refractivity (Wildman–Crippen MR) is 90.9 cm³/mol. The lowest BCUT2D eigenvalue weighted by Crippen LogP contribution is -2.19. The maximum Gasteiger partial charge on any atom is 0.326 e. The lowest BCUT2D eigenvalue weighted by atomic mass is 9.46. The summed E-state index contributed by atoms with van der Waals surface area (Å²) in [6.45, 7) is 0.658. The van der Waals surface area contributed by atoms with Crippen molar-refractivity contribution >= 4 is 24.0 Å². The van der Waals surface area contributed by atoms with Gasteiger partial charge in [-0.1, -0.05) is 6.32 Å². The maximum absolute atomic E-state index is 12.2. The van der Waals surface area contributed by atoms with Crippen LogP contribution in [0.4, 0.5) is 0 Å². The Bertz CT molecular complexity index is 808. The summed E-state index contributed by atoms with van der Waals surface area (Å²) in [6, 6.07) is 1.48. The van der Waals surface area contributed by atoms with E-state index in [0.29, 0.717) is 18.3 Å². The fourth-order valence-electron chi connectivity index (χ4n) is 3.12. The summed E-state index contributed by atoms with van der Waals surface area (Å²) in [5, 5.41) is 20.0. The molecule has 1 heterocycles. The van der Waals surface area contributed by atoms with Gasteiger partial charge in [0.2, 0.25) is 0 Å². The number of nitriles is 1. The molecular weight excluding hydrogens is 325 g/mol. The average Bonchev–Trinajstić information content (AvgIpc) is 3.02. The number of benzene rings is 1.